The summed E-state index contributed by atoms with van der Waals surface area (Å²) < 4.78 is 7.57. The van der Waals surface area contributed by atoms with Gasteiger partial charge >= 0.3 is 0 Å². The maximum atomic E-state index is 12.9. The van der Waals surface area contributed by atoms with Gasteiger partial charge in [-0.3, -0.25) is 4.79 Å². The highest BCUT2D eigenvalue weighted by atomic mass is 35.5. The second-order valence-electron chi connectivity index (χ2n) is 9.57. The SMILES string of the molecule is COc1cccc(-n2cc(-c3ccccc3)c3c(N4CCN(C(=O)/C=C/c5ccc(Cl)cc5)CC4)ncnc32)c1. The number of halogens is 1. The number of carbonyl (C=O) groups excluding carboxylic acids is 1. The Kier molecular flexibility index (Phi) is 7.21. The molecule has 3 aromatic carbocycles. The standard InChI is InChI=1S/C32H28ClN5O2/c1-40-27-9-5-8-26(20-27)38-21-28(24-6-3-2-4-7-24)30-31(34-22-35-32(30)38)37-18-16-36(17-19-37)29(39)15-12-23-10-13-25(33)14-11-23/h2-15,20-22H,16-19H2,1H3/b15-12+. The molecule has 2 aromatic heterocycles. The third kappa shape index (κ3) is 5.16. The molecule has 0 atom stereocenters. The number of aromatic nitrogens is 3. The lowest BCUT2D eigenvalue weighted by Crippen LogP contribution is -2.48. The van der Waals surface area contributed by atoms with Crippen LogP contribution in [0.15, 0.2) is 97.5 Å². The van der Waals surface area contributed by atoms with Crippen LogP contribution in [0.2, 0.25) is 5.02 Å². The summed E-state index contributed by atoms with van der Waals surface area (Å²) in [5.74, 6) is 1.65. The van der Waals surface area contributed by atoms with Gasteiger partial charge in [-0.1, -0.05) is 60.1 Å². The van der Waals surface area contributed by atoms with E-state index in [9.17, 15) is 4.79 Å². The van der Waals surface area contributed by atoms with Crippen molar-refractivity contribution in [2.45, 2.75) is 0 Å². The van der Waals surface area contributed by atoms with Crippen LogP contribution >= 0.6 is 11.6 Å². The van der Waals surface area contributed by atoms with Gasteiger partial charge in [0.2, 0.25) is 5.91 Å². The Bertz CT molecular complexity index is 1670. The van der Waals surface area contributed by atoms with Crippen LogP contribution in [0.5, 0.6) is 5.75 Å². The van der Waals surface area contributed by atoms with Crippen molar-refractivity contribution in [3.8, 4) is 22.6 Å². The number of ether oxygens (including phenoxy) is 1. The van der Waals surface area contributed by atoms with Crippen molar-refractivity contribution in [3.05, 3.63) is 108 Å². The topological polar surface area (TPSA) is 63.5 Å². The van der Waals surface area contributed by atoms with Crippen LogP contribution in [0.25, 0.3) is 33.9 Å². The van der Waals surface area contributed by atoms with E-state index in [2.05, 4.69) is 27.8 Å². The predicted molar refractivity (Wildman–Crippen MR) is 160 cm³/mol. The third-order valence-corrected chi connectivity index (χ3v) is 7.41. The first kappa shape index (κ1) is 25.6. The van der Waals surface area contributed by atoms with Crippen LogP contribution in [-0.2, 0) is 4.79 Å². The first-order chi connectivity index (χ1) is 19.6. The molecule has 40 heavy (non-hydrogen) atoms. The Morgan fingerprint density at radius 2 is 1.70 bits per heavy atom. The fourth-order valence-corrected chi connectivity index (χ4v) is 5.19. The van der Waals surface area contributed by atoms with Gasteiger partial charge in [0.15, 0.2) is 5.65 Å². The Morgan fingerprint density at radius 3 is 2.45 bits per heavy atom. The molecule has 1 saturated heterocycles. The molecule has 1 aliphatic heterocycles. The minimum absolute atomic E-state index is 0.00316. The lowest BCUT2D eigenvalue weighted by atomic mass is 10.1. The van der Waals surface area contributed by atoms with Crippen molar-refractivity contribution in [1.29, 1.82) is 0 Å². The van der Waals surface area contributed by atoms with E-state index in [0.717, 1.165) is 45.0 Å². The molecule has 6 rings (SSSR count). The normalized spacial score (nSPS) is 13.8. The average Bonchev–Trinajstić information content (AvgIpc) is 3.41. The molecule has 0 spiro atoms. The molecule has 0 bridgehead atoms. The van der Waals surface area contributed by atoms with Crippen LogP contribution in [-0.4, -0.2) is 58.6 Å². The molecule has 0 saturated carbocycles. The number of piperazine rings is 1. The molecule has 0 N–H and O–H groups in total. The van der Waals surface area contributed by atoms with E-state index in [1.165, 1.54) is 0 Å². The molecule has 1 aliphatic rings. The fourth-order valence-electron chi connectivity index (χ4n) is 5.06. The summed E-state index contributed by atoms with van der Waals surface area (Å²) in [5, 5.41) is 1.66. The molecule has 0 radical (unpaired) electrons. The molecule has 5 aromatic rings. The zero-order valence-electron chi connectivity index (χ0n) is 22.1. The van der Waals surface area contributed by atoms with Gasteiger partial charge in [-0.05, 0) is 41.5 Å². The van der Waals surface area contributed by atoms with Crippen molar-refractivity contribution < 1.29 is 9.53 Å². The van der Waals surface area contributed by atoms with Gasteiger partial charge in [-0.25, -0.2) is 9.97 Å². The van der Waals surface area contributed by atoms with Crippen LogP contribution in [0.1, 0.15) is 5.56 Å². The molecule has 8 heteroatoms. The van der Waals surface area contributed by atoms with Crippen molar-refractivity contribution in [2.75, 3.05) is 38.2 Å². The van der Waals surface area contributed by atoms with Gasteiger partial charge in [0.1, 0.15) is 17.9 Å². The largest absolute Gasteiger partial charge is 0.497 e. The molecule has 1 amide bonds. The van der Waals surface area contributed by atoms with Crippen LogP contribution in [0.4, 0.5) is 5.82 Å². The molecule has 200 valence electrons. The minimum Gasteiger partial charge on any atom is -0.497 e. The van der Waals surface area contributed by atoms with E-state index in [4.69, 9.17) is 26.3 Å². The number of amides is 1. The van der Waals surface area contributed by atoms with Crippen molar-refractivity contribution in [2.24, 2.45) is 0 Å². The van der Waals surface area contributed by atoms with E-state index in [0.29, 0.717) is 31.2 Å². The highest BCUT2D eigenvalue weighted by molar-refractivity contribution is 6.30. The van der Waals surface area contributed by atoms with Gasteiger partial charge in [0.05, 0.1) is 18.2 Å². The van der Waals surface area contributed by atoms with Crippen molar-refractivity contribution in [3.63, 3.8) is 0 Å². The Balaban J connectivity index is 1.30. The second kappa shape index (κ2) is 11.2. The number of fused-ring (bicyclic) bond motifs is 1. The lowest BCUT2D eigenvalue weighted by molar-refractivity contribution is -0.126. The summed E-state index contributed by atoms with van der Waals surface area (Å²) in [4.78, 5) is 26.5. The van der Waals surface area contributed by atoms with Gasteiger partial charge in [-0.15, -0.1) is 0 Å². The quantitative estimate of drug-likeness (QED) is 0.239. The molecule has 1 fully saturated rings. The van der Waals surface area contributed by atoms with Crippen molar-refractivity contribution >= 4 is 40.4 Å². The average molecular weight is 550 g/mol. The minimum atomic E-state index is -0.00316. The zero-order chi connectivity index (χ0) is 27.5. The first-order valence-corrected chi connectivity index (χ1v) is 13.5. The van der Waals surface area contributed by atoms with E-state index in [-0.39, 0.29) is 5.91 Å². The van der Waals surface area contributed by atoms with E-state index in [1.54, 1.807) is 19.5 Å². The number of rotatable bonds is 6. The Hall–Kier alpha value is -4.62. The third-order valence-electron chi connectivity index (χ3n) is 7.16. The number of hydrogen-bond acceptors (Lipinski definition) is 5. The summed E-state index contributed by atoms with van der Waals surface area (Å²) in [6.45, 7) is 2.55. The highest BCUT2D eigenvalue weighted by Gasteiger charge is 2.25. The van der Waals surface area contributed by atoms with Gasteiger partial charge < -0.3 is 19.1 Å². The second-order valence-corrected chi connectivity index (χ2v) is 10.0. The number of carbonyl (C=O) groups is 1. The number of hydrogen-bond donors (Lipinski definition) is 0. The smallest absolute Gasteiger partial charge is 0.246 e. The Labute approximate surface area is 237 Å². The lowest BCUT2D eigenvalue weighted by Gasteiger charge is -2.35. The zero-order valence-corrected chi connectivity index (χ0v) is 22.8. The molecular weight excluding hydrogens is 522 g/mol. The number of anilines is 1. The summed E-state index contributed by atoms with van der Waals surface area (Å²) in [6.07, 6.45) is 7.19. The Morgan fingerprint density at radius 1 is 0.925 bits per heavy atom. The molecule has 7 nitrogen and oxygen atoms in total. The molecule has 0 unspecified atom stereocenters. The van der Waals surface area contributed by atoms with E-state index in [1.807, 2.05) is 77.7 Å². The van der Waals surface area contributed by atoms with Crippen LogP contribution in [0.3, 0.4) is 0 Å². The van der Waals surface area contributed by atoms with E-state index < -0.39 is 0 Å². The summed E-state index contributed by atoms with van der Waals surface area (Å²) in [5.41, 5.74) is 4.86. The number of benzene rings is 3. The number of methoxy groups -OCH3 is 1. The van der Waals surface area contributed by atoms with Gasteiger partial charge in [-0.2, -0.15) is 0 Å². The van der Waals surface area contributed by atoms with Gasteiger partial charge in [0, 0.05) is 55.1 Å². The van der Waals surface area contributed by atoms with Gasteiger partial charge in [0.25, 0.3) is 0 Å². The summed E-state index contributed by atoms with van der Waals surface area (Å²) >= 11 is 5.97. The maximum absolute atomic E-state index is 12.9. The fraction of sp³-hybridized carbons (Fsp3) is 0.156. The maximum Gasteiger partial charge on any atom is 0.246 e. The van der Waals surface area contributed by atoms with Crippen molar-refractivity contribution in [1.82, 2.24) is 19.4 Å². The number of nitrogens with zero attached hydrogens (tertiary/aromatic N) is 5. The van der Waals surface area contributed by atoms with Crippen LogP contribution < -0.4 is 9.64 Å². The van der Waals surface area contributed by atoms with Crippen LogP contribution in [0, 0.1) is 0 Å². The molecular formula is C32H28ClN5O2. The monoisotopic (exact) mass is 549 g/mol. The summed E-state index contributed by atoms with van der Waals surface area (Å²) in [7, 11) is 1.67. The first-order valence-electron chi connectivity index (χ1n) is 13.1. The summed E-state index contributed by atoms with van der Waals surface area (Å²) in [6, 6.07) is 25.7. The van der Waals surface area contributed by atoms with E-state index >= 15 is 0 Å². The predicted octanol–water partition coefficient (Wildman–Crippen LogP) is 6.11. The molecule has 0 aliphatic carbocycles. The molecule has 3 heterocycles. The highest BCUT2D eigenvalue weighted by Crippen LogP contribution is 2.37.